The Morgan fingerprint density at radius 1 is 1.23 bits per heavy atom. The van der Waals surface area contributed by atoms with E-state index in [1.54, 1.807) is 17.2 Å². The summed E-state index contributed by atoms with van der Waals surface area (Å²) in [6, 6.07) is 5.85. The summed E-state index contributed by atoms with van der Waals surface area (Å²) in [5.74, 6) is 0.183. The highest BCUT2D eigenvalue weighted by molar-refractivity contribution is 6.30. The number of nitrogens with one attached hydrogen (secondary N) is 1. The van der Waals surface area contributed by atoms with Crippen LogP contribution < -0.4 is 10.1 Å². The second-order valence-electron chi connectivity index (χ2n) is 6.78. The minimum Gasteiger partial charge on any atom is -0.491 e. The van der Waals surface area contributed by atoms with Crippen molar-refractivity contribution in [3.05, 3.63) is 59.3 Å². The number of hydrogen-bond donors (Lipinski definition) is 1. The lowest BCUT2D eigenvalue weighted by Gasteiger charge is -2.18. The molecule has 1 aliphatic heterocycles. The van der Waals surface area contributed by atoms with Gasteiger partial charge in [0.15, 0.2) is 17.4 Å². The van der Waals surface area contributed by atoms with E-state index in [0.29, 0.717) is 27.8 Å². The third-order valence-corrected chi connectivity index (χ3v) is 5.08. The van der Waals surface area contributed by atoms with E-state index in [2.05, 4.69) is 20.3 Å². The molecule has 0 unspecified atom stereocenters. The molecule has 3 aromatic rings. The Bertz CT molecular complexity index is 1090. The van der Waals surface area contributed by atoms with Crippen LogP contribution in [0.4, 0.5) is 15.9 Å². The van der Waals surface area contributed by atoms with Crippen LogP contribution in [0.15, 0.2) is 42.9 Å². The molecule has 0 spiro atoms. The van der Waals surface area contributed by atoms with Crippen molar-refractivity contribution in [2.24, 2.45) is 0 Å². The molecular formula is C21H19ClFN5O2. The molecule has 7 nitrogen and oxygen atoms in total. The molecule has 0 bridgehead atoms. The molecule has 0 radical (unpaired) electrons. The van der Waals surface area contributed by atoms with Gasteiger partial charge in [-0.3, -0.25) is 9.78 Å². The molecule has 9 heteroatoms. The molecule has 4 rings (SSSR count). The average molecular weight is 428 g/mol. The number of hydrogen-bond acceptors (Lipinski definition) is 6. The van der Waals surface area contributed by atoms with Gasteiger partial charge in [0.05, 0.1) is 30.1 Å². The number of amides is 1. The van der Waals surface area contributed by atoms with Crippen LogP contribution in [0.3, 0.4) is 0 Å². The Hall–Kier alpha value is -3.26. The zero-order valence-electron chi connectivity index (χ0n) is 16.2. The van der Waals surface area contributed by atoms with Crippen molar-refractivity contribution in [2.45, 2.75) is 12.8 Å². The number of likely N-dealkylation sites (tertiary alicyclic amines) is 1. The van der Waals surface area contributed by atoms with Crippen LogP contribution in [0, 0.1) is 5.82 Å². The summed E-state index contributed by atoms with van der Waals surface area (Å²) in [6.45, 7) is 1.45. The van der Waals surface area contributed by atoms with Gasteiger partial charge in [0.1, 0.15) is 5.82 Å². The first kappa shape index (κ1) is 20.0. The van der Waals surface area contributed by atoms with E-state index < -0.39 is 5.82 Å². The number of halogens is 2. The number of ether oxygens (including phenoxy) is 1. The van der Waals surface area contributed by atoms with Crippen LogP contribution in [0.1, 0.15) is 23.2 Å². The largest absolute Gasteiger partial charge is 0.491 e. The summed E-state index contributed by atoms with van der Waals surface area (Å²) in [5, 5.41) is 3.49. The first-order chi connectivity index (χ1) is 14.6. The Kier molecular flexibility index (Phi) is 5.76. The van der Waals surface area contributed by atoms with Gasteiger partial charge in [-0.2, -0.15) is 0 Å². The predicted octanol–water partition coefficient (Wildman–Crippen LogP) is 4.32. The molecule has 3 heterocycles. The van der Waals surface area contributed by atoms with Gasteiger partial charge in [-0.15, -0.1) is 0 Å². The summed E-state index contributed by atoms with van der Waals surface area (Å²) >= 11 is 6.00. The van der Waals surface area contributed by atoms with Gasteiger partial charge in [-0.05, 0) is 37.1 Å². The van der Waals surface area contributed by atoms with E-state index in [1.165, 1.54) is 37.7 Å². The van der Waals surface area contributed by atoms with E-state index in [9.17, 15) is 9.18 Å². The maximum absolute atomic E-state index is 14.3. The standard InChI is InChI=1S/C21H19ClFN5O2/c1-30-18-12-25-19(14-10-13(22)4-5-16(14)23)27-20(18)26-17-6-7-24-11-15(17)21(29)28-8-2-3-9-28/h4-7,10-12H,2-3,8-9H2,1H3,(H,24,25,26,27). The molecule has 0 atom stereocenters. The summed E-state index contributed by atoms with van der Waals surface area (Å²) in [4.78, 5) is 27.4. The third kappa shape index (κ3) is 4.04. The van der Waals surface area contributed by atoms with Crippen molar-refractivity contribution in [2.75, 3.05) is 25.5 Å². The lowest BCUT2D eigenvalue weighted by atomic mass is 10.2. The number of pyridine rings is 1. The number of anilines is 2. The number of benzene rings is 1. The minimum atomic E-state index is -0.496. The van der Waals surface area contributed by atoms with Crippen LogP contribution in [-0.4, -0.2) is 46.0 Å². The van der Waals surface area contributed by atoms with Crippen LogP contribution in [-0.2, 0) is 0 Å². The van der Waals surface area contributed by atoms with Gasteiger partial charge in [-0.25, -0.2) is 14.4 Å². The first-order valence-electron chi connectivity index (χ1n) is 9.43. The zero-order chi connectivity index (χ0) is 21.1. The normalized spacial score (nSPS) is 13.4. The topological polar surface area (TPSA) is 80.2 Å². The fourth-order valence-corrected chi connectivity index (χ4v) is 3.47. The third-order valence-electron chi connectivity index (χ3n) is 4.84. The lowest BCUT2D eigenvalue weighted by Crippen LogP contribution is -2.28. The maximum Gasteiger partial charge on any atom is 0.257 e. The highest BCUT2D eigenvalue weighted by Crippen LogP contribution is 2.31. The quantitative estimate of drug-likeness (QED) is 0.653. The molecule has 0 aliphatic carbocycles. The van der Waals surface area contributed by atoms with E-state index >= 15 is 0 Å². The number of rotatable bonds is 5. The molecule has 30 heavy (non-hydrogen) atoms. The Labute approximate surface area is 177 Å². The van der Waals surface area contributed by atoms with Crippen molar-refractivity contribution in [1.29, 1.82) is 0 Å². The van der Waals surface area contributed by atoms with E-state index in [0.717, 1.165) is 25.9 Å². The SMILES string of the molecule is COc1cnc(-c2cc(Cl)ccc2F)nc1Nc1ccncc1C(=O)N1CCCC1. The molecule has 154 valence electrons. The average Bonchev–Trinajstić information content (AvgIpc) is 3.30. The number of aromatic nitrogens is 3. The van der Waals surface area contributed by atoms with Crippen LogP contribution in [0.5, 0.6) is 5.75 Å². The molecular weight excluding hydrogens is 409 g/mol. The van der Waals surface area contributed by atoms with Crippen LogP contribution in [0.2, 0.25) is 5.02 Å². The fraction of sp³-hybridized carbons (Fsp3) is 0.238. The molecule has 1 aliphatic rings. The highest BCUT2D eigenvalue weighted by atomic mass is 35.5. The van der Waals surface area contributed by atoms with E-state index in [4.69, 9.17) is 16.3 Å². The molecule has 1 saturated heterocycles. The Balaban J connectivity index is 1.71. The van der Waals surface area contributed by atoms with Crippen molar-refractivity contribution in [1.82, 2.24) is 19.9 Å². The van der Waals surface area contributed by atoms with Gasteiger partial charge in [0.25, 0.3) is 5.91 Å². The number of carbonyl (C=O) groups excluding carboxylic acids is 1. The first-order valence-corrected chi connectivity index (χ1v) is 9.81. The molecule has 1 fully saturated rings. The van der Waals surface area contributed by atoms with Crippen molar-refractivity contribution >= 4 is 29.0 Å². The Morgan fingerprint density at radius 3 is 2.80 bits per heavy atom. The monoisotopic (exact) mass is 427 g/mol. The van der Waals surface area contributed by atoms with Crippen molar-refractivity contribution in [3.8, 4) is 17.1 Å². The molecule has 1 N–H and O–H groups in total. The number of carbonyl (C=O) groups is 1. The smallest absolute Gasteiger partial charge is 0.257 e. The summed E-state index contributed by atoms with van der Waals surface area (Å²) in [6.07, 6.45) is 6.52. The second-order valence-corrected chi connectivity index (χ2v) is 7.22. The minimum absolute atomic E-state index is 0.0998. The van der Waals surface area contributed by atoms with Gasteiger partial charge in [0, 0.05) is 30.5 Å². The summed E-state index contributed by atoms with van der Waals surface area (Å²) < 4.78 is 19.6. The lowest BCUT2D eigenvalue weighted by molar-refractivity contribution is 0.0793. The predicted molar refractivity (Wildman–Crippen MR) is 112 cm³/mol. The van der Waals surface area contributed by atoms with E-state index in [-0.39, 0.29) is 17.3 Å². The summed E-state index contributed by atoms with van der Waals surface area (Å²) in [7, 11) is 1.48. The summed E-state index contributed by atoms with van der Waals surface area (Å²) in [5.41, 5.74) is 1.11. The molecule has 2 aromatic heterocycles. The van der Waals surface area contributed by atoms with Crippen LogP contribution in [0.25, 0.3) is 11.4 Å². The maximum atomic E-state index is 14.3. The van der Waals surface area contributed by atoms with Gasteiger partial charge >= 0.3 is 0 Å². The van der Waals surface area contributed by atoms with E-state index in [1.807, 2.05) is 0 Å². The van der Waals surface area contributed by atoms with Crippen molar-refractivity contribution in [3.63, 3.8) is 0 Å². The zero-order valence-corrected chi connectivity index (χ0v) is 17.0. The highest BCUT2D eigenvalue weighted by Gasteiger charge is 2.23. The number of nitrogens with zero attached hydrogens (tertiary/aromatic N) is 4. The fourth-order valence-electron chi connectivity index (χ4n) is 3.30. The molecule has 1 aromatic carbocycles. The Morgan fingerprint density at radius 2 is 2.03 bits per heavy atom. The number of methoxy groups -OCH3 is 1. The van der Waals surface area contributed by atoms with Gasteiger partial charge < -0.3 is 15.0 Å². The van der Waals surface area contributed by atoms with Gasteiger partial charge in [-0.1, -0.05) is 11.6 Å². The second kappa shape index (κ2) is 8.62. The van der Waals surface area contributed by atoms with Crippen LogP contribution >= 0.6 is 11.6 Å². The molecule has 1 amide bonds. The molecule has 0 saturated carbocycles. The van der Waals surface area contributed by atoms with Gasteiger partial charge in [0.2, 0.25) is 0 Å². The van der Waals surface area contributed by atoms with Crippen molar-refractivity contribution < 1.29 is 13.9 Å².